The van der Waals surface area contributed by atoms with Crippen molar-refractivity contribution in [3.63, 3.8) is 0 Å². The van der Waals surface area contributed by atoms with E-state index in [0.29, 0.717) is 28.6 Å². The Morgan fingerprint density at radius 1 is 1.42 bits per heavy atom. The predicted molar refractivity (Wildman–Crippen MR) is 76.6 cm³/mol. The third-order valence-electron chi connectivity index (χ3n) is 3.52. The molecule has 1 rings (SSSR count). The van der Waals surface area contributed by atoms with Gasteiger partial charge in [0.25, 0.3) is 0 Å². The Bertz CT molecular complexity index is 455. The first-order valence-electron chi connectivity index (χ1n) is 6.18. The third kappa shape index (κ3) is 3.28. The van der Waals surface area contributed by atoms with Gasteiger partial charge in [0.1, 0.15) is 11.7 Å². The molecule has 0 aliphatic heterocycles. The summed E-state index contributed by atoms with van der Waals surface area (Å²) < 4.78 is 5.80. The normalized spacial score (nSPS) is 13.1. The number of hydrogen-bond acceptors (Lipinski definition) is 3. The zero-order chi connectivity index (χ0) is 14.6. The molecule has 0 bridgehead atoms. The molecule has 0 aromatic heterocycles. The van der Waals surface area contributed by atoms with E-state index in [1.165, 1.54) is 0 Å². The van der Waals surface area contributed by atoms with Crippen LogP contribution in [0.5, 0.6) is 5.75 Å². The number of aliphatic carboxylic acids is 1. The van der Waals surface area contributed by atoms with Gasteiger partial charge in [-0.25, -0.2) is 0 Å². The molecule has 1 aromatic rings. The summed E-state index contributed by atoms with van der Waals surface area (Å²) in [5.41, 5.74) is -0.689. The lowest BCUT2D eigenvalue weighted by atomic mass is 9.78. The van der Waals surface area contributed by atoms with E-state index in [0.717, 1.165) is 0 Å². The van der Waals surface area contributed by atoms with Gasteiger partial charge in [0.2, 0.25) is 0 Å². The number of aliphatic hydroxyl groups is 1. The summed E-state index contributed by atoms with van der Waals surface area (Å²) in [4.78, 5) is 11.5. The average Bonchev–Trinajstić information content (AvgIpc) is 2.38. The van der Waals surface area contributed by atoms with Crippen molar-refractivity contribution in [2.24, 2.45) is 0 Å². The van der Waals surface area contributed by atoms with Crippen LogP contribution in [-0.2, 0) is 4.79 Å². The highest BCUT2D eigenvalue weighted by molar-refractivity contribution is 9.10. The Morgan fingerprint density at radius 2 is 2.00 bits per heavy atom. The van der Waals surface area contributed by atoms with Crippen molar-refractivity contribution in [3.8, 4) is 5.75 Å². The minimum absolute atomic E-state index is 0.379. The molecule has 0 aliphatic rings. The van der Waals surface area contributed by atoms with Crippen molar-refractivity contribution in [1.29, 1.82) is 0 Å². The van der Waals surface area contributed by atoms with Crippen LogP contribution in [0.15, 0.2) is 22.7 Å². The molecule has 0 saturated heterocycles. The number of ether oxygens (including phenoxy) is 1. The molecule has 1 aromatic carbocycles. The first kappa shape index (κ1) is 16.0. The lowest BCUT2D eigenvalue weighted by Crippen LogP contribution is -2.39. The predicted octanol–water partition coefficient (Wildman–Crippen LogP) is 3.18. The lowest BCUT2D eigenvalue weighted by molar-refractivity contribution is -0.146. The number of halogens is 1. The van der Waals surface area contributed by atoms with E-state index >= 15 is 0 Å². The largest absolute Gasteiger partial charge is 0.496 e. The van der Waals surface area contributed by atoms with E-state index in [-0.39, 0.29) is 0 Å². The molecular formula is C14H19BrO4. The molecule has 5 heteroatoms. The minimum atomic E-state index is -1.25. The molecule has 0 amide bonds. The van der Waals surface area contributed by atoms with Gasteiger partial charge < -0.3 is 14.9 Å². The molecule has 0 unspecified atom stereocenters. The number of carboxylic acid groups (broad SMARTS) is 1. The van der Waals surface area contributed by atoms with E-state index in [1.807, 2.05) is 0 Å². The summed E-state index contributed by atoms with van der Waals surface area (Å²) in [6, 6.07) is 5.06. The maximum atomic E-state index is 11.5. The second-order valence-electron chi connectivity index (χ2n) is 4.48. The van der Waals surface area contributed by atoms with E-state index in [9.17, 15) is 15.0 Å². The number of carboxylic acids is 1. The Hall–Kier alpha value is -1.07. The Labute approximate surface area is 121 Å². The van der Waals surface area contributed by atoms with E-state index < -0.39 is 17.5 Å². The van der Waals surface area contributed by atoms with Gasteiger partial charge in [0, 0.05) is 0 Å². The fourth-order valence-electron chi connectivity index (χ4n) is 2.20. The molecule has 0 fully saturated rings. The standard InChI is InChI=1S/C14H19BrO4/c1-4-14(18,5-2)12(13(16)17)9-6-7-11(19-3)10(15)8-9/h6-8,12,18H,4-5H2,1-3H3,(H,16,17)/t12-/m1/s1. The van der Waals surface area contributed by atoms with Gasteiger partial charge in [-0.05, 0) is 46.5 Å². The van der Waals surface area contributed by atoms with Crippen molar-refractivity contribution in [3.05, 3.63) is 28.2 Å². The van der Waals surface area contributed by atoms with Crippen LogP contribution in [0, 0.1) is 0 Å². The van der Waals surface area contributed by atoms with Gasteiger partial charge in [-0.1, -0.05) is 19.9 Å². The Balaban J connectivity index is 3.28. The number of benzene rings is 1. The van der Waals surface area contributed by atoms with Crippen LogP contribution < -0.4 is 4.74 Å². The van der Waals surface area contributed by atoms with E-state index in [1.54, 1.807) is 39.2 Å². The quantitative estimate of drug-likeness (QED) is 0.840. The van der Waals surface area contributed by atoms with Crippen LogP contribution in [0.25, 0.3) is 0 Å². The molecular weight excluding hydrogens is 312 g/mol. The molecule has 0 heterocycles. The number of hydrogen-bond donors (Lipinski definition) is 2. The van der Waals surface area contributed by atoms with E-state index in [2.05, 4.69) is 15.9 Å². The van der Waals surface area contributed by atoms with Crippen LogP contribution in [-0.4, -0.2) is 28.9 Å². The fraction of sp³-hybridized carbons (Fsp3) is 0.500. The van der Waals surface area contributed by atoms with Crippen molar-refractivity contribution in [1.82, 2.24) is 0 Å². The molecule has 106 valence electrons. The summed E-state index contributed by atoms with van der Waals surface area (Å²) in [5.74, 6) is -1.35. The second kappa shape index (κ2) is 6.39. The van der Waals surface area contributed by atoms with Crippen LogP contribution in [0.2, 0.25) is 0 Å². The second-order valence-corrected chi connectivity index (χ2v) is 5.33. The zero-order valence-corrected chi connectivity index (χ0v) is 12.9. The summed E-state index contributed by atoms with van der Waals surface area (Å²) in [6.45, 7) is 3.58. The molecule has 4 nitrogen and oxygen atoms in total. The number of carbonyl (C=O) groups is 1. The van der Waals surface area contributed by atoms with Crippen molar-refractivity contribution in [2.75, 3.05) is 7.11 Å². The maximum absolute atomic E-state index is 11.5. The van der Waals surface area contributed by atoms with Crippen molar-refractivity contribution in [2.45, 2.75) is 38.2 Å². The lowest BCUT2D eigenvalue weighted by Gasteiger charge is -2.32. The Morgan fingerprint density at radius 3 is 2.37 bits per heavy atom. The average molecular weight is 331 g/mol. The molecule has 0 radical (unpaired) electrons. The zero-order valence-electron chi connectivity index (χ0n) is 11.3. The van der Waals surface area contributed by atoms with Gasteiger partial charge in [-0.3, -0.25) is 4.79 Å². The monoisotopic (exact) mass is 330 g/mol. The summed E-state index contributed by atoms with van der Waals surface area (Å²) in [6.07, 6.45) is 0.758. The van der Waals surface area contributed by atoms with Crippen LogP contribution in [0.4, 0.5) is 0 Å². The summed E-state index contributed by atoms with van der Waals surface area (Å²) in [5, 5.41) is 19.9. The number of methoxy groups -OCH3 is 1. The van der Waals surface area contributed by atoms with Crippen LogP contribution >= 0.6 is 15.9 Å². The topological polar surface area (TPSA) is 66.8 Å². The molecule has 1 atom stereocenters. The fourth-order valence-corrected chi connectivity index (χ4v) is 2.76. The van der Waals surface area contributed by atoms with Gasteiger partial charge in [0.05, 0.1) is 17.2 Å². The molecule has 0 aliphatic carbocycles. The maximum Gasteiger partial charge on any atom is 0.313 e. The van der Waals surface area contributed by atoms with Crippen LogP contribution in [0.3, 0.4) is 0 Å². The van der Waals surface area contributed by atoms with Gasteiger partial charge in [-0.15, -0.1) is 0 Å². The van der Waals surface area contributed by atoms with Gasteiger partial charge in [-0.2, -0.15) is 0 Å². The summed E-state index contributed by atoms with van der Waals surface area (Å²) >= 11 is 3.34. The van der Waals surface area contributed by atoms with Crippen LogP contribution in [0.1, 0.15) is 38.2 Å². The van der Waals surface area contributed by atoms with Crippen molar-refractivity contribution < 1.29 is 19.7 Å². The number of rotatable bonds is 6. The first-order valence-corrected chi connectivity index (χ1v) is 6.97. The third-order valence-corrected chi connectivity index (χ3v) is 4.14. The SMILES string of the molecule is CCC(O)(CC)[C@@H](C(=O)O)c1ccc(OC)c(Br)c1. The highest BCUT2D eigenvalue weighted by Gasteiger charge is 2.40. The van der Waals surface area contributed by atoms with Gasteiger partial charge in [0.15, 0.2) is 0 Å². The Kier molecular flexibility index (Phi) is 5.38. The molecule has 2 N–H and O–H groups in total. The van der Waals surface area contributed by atoms with Gasteiger partial charge >= 0.3 is 5.97 Å². The smallest absolute Gasteiger partial charge is 0.313 e. The summed E-state index contributed by atoms with van der Waals surface area (Å²) in [7, 11) is 1.54. The first-order chi connectivity index (χ1) is 8.89. The molecule has 0 saturated carbocycles. The minimum Gasteiger partial charge on any atom is -0.496 e. The highest BCUT2D eigenvalue weighted by Crippen LogP contribution is 2.37. The molecule has 19 heavy (non-hydrogen) atoms. The highest BCUT2D eigenvalue weighted by atomic mass is 79.9. The molecule has 0 spiro atoms. The van der Waals surface area contributed by atoms with Crippen molar-refractivity contribution >= 4 is 21.9 Å². The van der Waals surface area contributed by atoms with E-state index in [4.69, 9.17) is 4.74 Å².